The third kappa shape index (κ3) is 5.50. The van der Waals surface area contributed by atoms with Gasteiger partial charge in [-0.1, -0.05) is 26.0 Å². The zero-order valence-corrected chi connectivity index (χ0v) is 18.0. The minimum Gasteiger partial charge on any atom is -0.493 e. The highest BCUT2D eigenvalue weighted by Gasteiger charge is 2.36. The van der Waals surface area contributed by atoms with Crippen LogP contribution in [-0.2, 0) is 9.59 Å². The summed E-state index contributed by atoms with van der Waals surface area (Å²) in [6, 6.07) is 8.42. The van der Waals surface area contributed by atoms with E-state index in [9.17, 15) is 27.6 Å². The summed E-state index contributed by atoms with van der Waals surface area (Å²) in [6.45, 7) is 3.91. The number of ether oxygens (including phenoxy) is 1. The van der Waals surface area contributed by atoms with Crippen LogP contribution in [0.4, 0.5) is 23.7 Å². The van der Waals surface area contributed by atoms with Crippen molar-refractivity contribution < 1.29 is 32.3 Å². The van der Waals surface area contributed by atoms with Crippen LogP contribution in [0.25, 0.3) is 6.08 Å². The minimum absolute atomic E-state index is 0.109. The second-order valence-electron chi connectivity index (χ2n) is 7.31. The number of nitrogens with one attached hydrogen (secondary N) is 1. The Bertz CT molecular complexity index is 1090. The van der Waals surface area contributed by atoms with Crippen molar-refractivity contribution in [2.75, 3.05) is 18.5 Å². The molecule has 1 N–H and O–H groups in total. The fraction of sp³-hybridized carbons (Fsp3) is 0.227. The van der Waals surface area contributed by atoms with E-state index >= 15 is 0 Å². The average Bonchev–Trinajstić information content (AvgIpc) is 3.01. The molecule has 0 saturated carbocycles. The lowest BCUT2D eigenvalue weighted by Crippen LogP contribution is -2.36. The highest BCUT2D eigenvalue weighted by molar-refractivity contribution is 8.18. The molecule has 3 rings (SSSR count). The molecule has 0 bridgehead atoms. The standard InChI is InChI=1S/C22H19F3N2O4S/c1-12(2)11-31-14-5-3-13(4-6-14)9-17-21(29)27(22(30)32-17)10-18(28)26-16-8-7-15(23)19(24)20(16)25/h3-9,12H,10-11H2,1-2H3,(H,26,28)/b17-9-. The second kappa shape index (κ2) is 9.90. The van der Waals surface area contributed by atoms with Gasteiger partial charge in [0.1, 0.15) is 12.3 Å². The molecule has 3 amide bonds. The molecule has 32 heavy (non-hydrogen) atoms. The van der Waals surface area contributed by atoms with Gasteiger partial charge in [0, 0.05) is 0 Å². The van der Waals surface area contributed by atoms with Crippen molar-refractivity contribution in [2.24, 2.45) is 5.92 Å². The van der Waals surface area contributed by atoms with Crippen molar-refractivity contribution in [3.05, 3.63) is 64.3 Å². The van der Waals surface area contributed by atoms with Crippen LogP contribution in [-0.4, -0.2) is 35.1 Å². The van der Waals surface area contributed by atoms with E-state index in [1.807, 2.05) is 19.2 Å². The Morgan fingerprint density at radius 3 is 2.44 bits per heavy atom. The Labute approximate surface area is 186 Å². The number of rotatable bonds is 7. The number of benzene rings is 2. The van der Waals surface area contributed by atoms with Crippen LogP contribution in [0.2, 0.25) is 0 Å². The van der Waals surface area contributed by atoms with E-state index in [1.165, 1.54) is 6.08 Å². The molecular weight excluding hydrogens is 445 g/mol. The first-order valence-corrected chi connectivity index (χ1v) is 10.4. The Kier molecular flexibility index (Phi) is 7.24. The summed E-state index contributed by atoms with van der Waals surface area (Å²) in [6.07, 6.45) is 1.50. The lowest BCUT2D eigenvalue weighted by atomic mass is 10.2. The van der Waals surface area contributed by atoms with Crippen molar-refractivity contribution in [1.82, 2.24) is 4.90 Å². The second-order valence-corrected chi connectivity index (χ2v) is 8.31. The Morgan fingerprint density at radius 2 is 1.78 bits per heavy atom. The highest BCUT2D eigenvalue weighted by Crippen LogP contribution is 2.32. The SMILES string of the molecule is CC(C)COc1ccc(/C=C2\SC(=O)N(CC(=O)Nc3ccc(F)c(F)c3F)C2=O)cc1. The molecular formula is C22H19F3N2O4S. The molecule has 0 aromatic heterocycles. The van der Waals surface area contributed by atoms with Crippen LogP contribution in [0, 0.1) is 23.4 Å². The van der Waals surface area contributed by atoms with Crippen LogP contribution in [0.15, 0.2) is 41.3 Å². The van der Waals surface area contributed by atoms with Crippen LogP contribution in [0.1, 0.15) is 19.4 Å². The number of anilines is 1. The van der Waals surface area contributed by atoms with E-state index in [2.05, 4.69) is 0 Å². The third-order valence-corrected chi connectivity index (χ3v) is 5.15. The molecule has 1 fully saturated rings. The molecule has 2 aromatic rings. The fourth-order valence-electron chi connectivity index (χ4n) is 2.67. The van der Waals surface area contributed by atoms with Crippen LogP contribution in [0.5, 0.6) is 5.75 Å². The lowest BCUT2D eigenvalue weighted by molar-refractivity contribution is -0.127. The molecule has 168 valence electrons. The van der Waals surface area contributed by atoms with Gasteiger partial charge in [0.25, 0.3) is 11.1 Å². The number of carbonyl (C=O) groups excluding carboxylic acids is 3. The monoisotopic (exact) mass is 464 g/mol. The Balaban J connectivity index is 1.65. The van der Waals surface area contributed by atoms with E-state index in [4.69, 9.17) is 4.74 Å². The normalized spacial score (nSPS) is 15.1. The van der Waals surface area contributed by atoms with E-state index in [0.29, 0.717) is 46.6 Å². The van der Waals surface area contributed by atoms with Gasteiger partial charge in [0.05, 0.1) is 17.2 Å². The number of hydrogen-bond donors (Lipinski definition) is 1. The van der Waals surface area contributed by atoms with Gasteiger partial charge in [-0.25, -0.2) is 13.2 Å². The summed E-state index contributed by atoms with van der Waals surface area (Å²) in [7, 11) is 0. The topological polar surface area (TPSA) is 75.7 Å². The van der Waals surface area contributed by atoms with Gasteiger partial charge < -0.3 is 10.1 Å². The number of hydrogen-bond acceptors (Lipinski definition) is 5. The molecule has 0 radical (unpaired) electrons. The van der Waals surface area contributed by atoms with Gasteiger partial charge in [-0.15, -0.1) is 0 Å². The molecule has 2 aromatic carbocycles. The predicted octanol–water partition coefficient (Wildman–Crippen LogP) is 4.81. The van der Waals surface area contributed by atoms with E-state index in [0.717, 1.165) is 6.07 Å². The zero-order valence-electron chi connectivity index (χ0n) is 17.2. The number of nitrogens with zero attached hydrogens (tertiary/aromatic N) is 1. The Morgan fingerprint density at radius 1 is 1.09 bits per heavy atom. The minimum atomic E-state index is -1.74. The molecule has 0 atom stereocenters. The number of thioether (sulfide) groups is 1. The predicted molar refractivity (Wildman–Crippen MR) is 114 cm³/mol. The largest absolute Gasteiger partial charge is 0.493 e. The van der Waals surface area contributed by atoms with Gasteiger partial charge in [-0.2, -0.15) is 0 Å². The van der Waals surface area contributed by atoms with Crippen LogP contribution < -0.4 is 10.1 Å². The zero-order chi connectivity index (χ0) is 23.4. The molecule has 1 aliphatic rings. The van der Waals surface area contributed by atoms with Gasteiger partial charge in [0.15, 0.2) is 17.5 Å². The third-order valence-electron chi connectivity index (χ3n) is 4.25. The lowest BCUT2D eigenvalue weighted by Gasteiger charge is -2.13. The van der Waals surface area contributed by atoms with Crippen molar-refractivity contribution in [3.63, 3.8) is 0 Å². The summed E-state index contributed by atoms with van der Waals surface area (Å²) in [4.78, 5) is 37.7. The van der Waals surface area contributed by atoms with E-state index in [1.54, 1.807) is 24.3 Å². The summed E-state index contributed by atoms with van der Waals surface area (Å²) in [5.41, 5.74) is 0.0527. The number of imide groups is 1. The smallest absolute Gasteiger partial charge is 0.294 e. The highest BCUT2D eigenvalue weighted by atomic mass is 32.2. The maximum atomic E-state index is 13.7. The summed E-state index contributed by atoms with van der Waals surface area (Å²) < 4.78 is 45.6. The number of amides is 3. The molecule has 10 heteroatoms. The number of halogens is 3. The molecule has 1 saturated heterocycles. The fourth-order valence-corrected chi connectivity index (χ4v) is 3.50. The first kappa shape index (κ1) is 23.4. The molecule has 0 unspecified atom stereocenters. The van der Waals surface area contributed by atoms with Gasteiger partial charge in [-0.05, 0) is 53.6 Å². The van der Waals surface area contributed by atoms with Crippen molar-refractivity contribution in [2.45, 2.75) is 13.8 Å². The Hall–Kier alpha value is -3.27. The first-order valence-electron chi connectivity index (χ1n) is 9.57. The number of carbonyl (C=O) groups is 3. The van der Waals surface area contributed by atoms with Gasteiger partial charge >= 0.3 is 0 Å². The van der Waals surface area contributed by atoms with Crippen LogP contribution >= 0.6 is 11.8 Å². The van der Waals surface area contributed by atoms with Gasteiger partial charge in [0.2, 0.25) is 5.91 Å². The van der Waals surface area contributed by atoms with E-state index in [-0.39, 0.29) is 4.91 Å². The summed E-state index contributed by atoms with van der Waals surface area (Å²) >= 11 is 0.654. The first-order chi connectivity index (χ1) is 15.2. The van der Waals surface area contributed by atoms with E-state index < -0.39 is 46.7 Å². The average molecular weight is 464 g/mol. The maximum Gasteiger partial charge on any atom is 0.294 e. The quantitative estimate of drug-likeness (QED) is 0.470. The molecule has 1 aliphatic heterocycles. The van der Waals surface area contributed by atoms with Crippen LogP contribution in [0.3, 0.4) is 0 Å². The van der Waals surface area contributed by atoms with Crippen molar-refractivity contribution >= 4 is 40.6 Å². The summed E-state index contributed by atoms with van der Waals surface area (Å²) in [5.74, 6) is -5.31. The molecule has 0 spiro atoms. The molecule has 0 aliphatic carbocycles. The van der Waals surface area contributed by atoms with Crippen molar-refractivity contribution in [3.8, 4) is 5.75 Å². The molecule has 1 heterocycles. The maximum absolute atomic E-state index is 13.7. The summed E-state index contributed by atoms with van der Waals surface area (Å²) in [5, 5.41) is 1.35. The van der Waals surface area contributed by atoms with Gasteiger partial charge in [-0.3, -0.25) is 19.3 Å². The van der Waals surface area contributed by atoms with Crippen molar-refractivity contribution in [1.29, 1.82) is 0 Å². The molecule has 6 nitrogen and oxygen atoms in total.